The van der Waals surface area contributed by atoms with Gasteiger partial charge in [0.05, 0.1) is 11.0 Å². The van der Waals surface area contributed by atoms with Gasteiger partial charge in [-0.1, -0.05) is 15.9 Å². The molecule has 1 aromatic carbocycles. The van der Waals surface area contributed by atoms with Crippen LogP contribution in [0.3, 0.4) is 0 Å². The average molecular weight is 325 g/mol. The maximum absolute atomic E-state index is 4.56. The molecule has 0 bridgehead atoms. The molecule has 0 amide bonds. The first-order valence-electron chi connectivity index (χ1n) is 6.17. The number of aromatic amines is 1. The van der Waals surface area contributed by atoms with Crippen LogP contribution < -0.4 is 0 Å². The highest BCUT2D eigenvalue weighted by Crippen LogP contribution is 2.23. The molecule has 0 saturated carbocycles. The molecule has 20 heavy (non-hydrogen) atoms. The van der Waals surface area contributed by atoms with E-state index in [1.54, 1.807) is 6.20 Å². The number of imidazole rings is 1. The molecule has 0 aliphatic rings. The highest BCUT2D eigenvalue weighted by atomic mass is 79.9. The molecule has 3 heterocycles. The number of benzene rings is 1. The minimum Gasteiger partial charge on any atom is -0.337 e. The summed E-state index contributed by atoms with van der Waals surface area (Å²) in [7, 11) is 0. The Bertz CT molecular complexity index is 929. The predicted octanol–water partition coefficient (Wildman–Crippen LogP) is 3.94. The molecule has 0 atom stereocenters. The van der Waals surface area contributed by atoms with E-state index in [1.807, 2.05) is 42.5 Å². The molecule has 4 aromatic rings. The smallest absolute Gasteiger partial charge is 0.159 e. The summed E-state index contributed by atoms with van der Waals surface area (Å²) in [5.74, 6) is 0.755. The van der Waals surface area contributed by atoms with Crippen molar-refractivity contribution >= 4 is 38.0 Å². The summed E-state index contributed by atoms with van der Waals surface area (Å²) in [6, 6.07) is 13.8. The molecule has 96 valence electrons. The number of halogens is 1. The van der Waals surface area contributed by atoms with Gasteiger partial charge in [0.2, 0.25) is 0 Å². The highest BCUT2D eigenvalue weighted by Gasteiger charge is 2.08. The van der Waals surface area contributed by atoms with E-state index in [4.69, 9.17) is 0 Å². The van der Waals surface area contributed by atoms with Crippen molar-refractivity contribution in [3.8, 4) is 11.5 Å². The highest BCUT2D eigenvalue weighted by molar-refractivity contribution is 9.10. The quantitative estimate of drug-likeness (QED) is 0.577. The number of H-pyrrole nitrogens is 1. The van der Waals surface area contributed by atoms with Crippen LogP contribution in [0.2, 0.25) is 0 Å². The fourth-order valence-corrected chi connectivity index (χ4v) is 2.55. The van der Waals surface area contributed by atoms with Gasteiger partial charge in [-0.25, -0.2) is 15.0 Å². The number of aromatic nitrogens is 4. The molecule has 0 aliphatic heterocycles. The van der Waals surface area contributed by atoms with Crippen LogP contribution in [0.15, 0.2) is 53.1 Å². The Hall–Kier alpha value is -2.27. The third-order valence-electron chi connectivity index (χ3n) is 3.15. The Labute approximate surface area is 123 Å². The zero-order valence-corrected chi connectivity index (χ0v) is 11.9. The lowest BCUT2D eigenvalue weighted by atomic mass is 10.2. The lowest BCUT2D eigenvalue weighted by Crippen LogP contribution is -1.88. The summed E-state index contributed by atoms with van der Waals surface area (Å²) >= 11 is 3.46. The number of hydrogen-bond acceptors (Lipinski definition) is 3. The van der Waals surface area contributed by atoms with Gasteiger partial charge in [0, 0.05) is 16.1 Å². The summed E-state index contributed by atoms with van der Waals surface area (Å²) in [5.41, 5.74) is 3.43. The van der Waals surface area contributed by atoms with Gasteiger partial charge < -0.3 is 4.98 Å². The van der Waals surface area contributed by atoms with E-state index in [0.29, 0.717) is 0 Å². The van der Waals surface area contributed by atoms with Gasteiger partial charge in [-0.15, -0.1) is 0 Å². The summed E-state index contributed by atoms with van der Waals surface area (Å²) in [5, 5.41) is 1.02. The lowest BCUT2D eigenvalue weighted by molar-refractivity contribution is 1.23. The number of nitrogens with one attached hydrogen (secondary N) is 1. The maximum atomic E-state index is 4.56. The number of pyridine rings is 2. The standard InChI is InChI=1S/C15H9BrN4/c16-10-4-6-11-13(8-10)20-15(18-11)12-5-3-9-2-1-7-17-14(9)19-12/h1-8H,(H,18,20). The fraction of sp³-hybridized carbons (Fsp3) is 0. The molecule has 0 fully saturated rings. The van der Waals surface area contributed by atoms with Crippen molar-refractivity contribution < 1.29 is 0 Å². The molecule has 4 rings (SSSR count). The van der Waals surface area contributed by atoms with Gasteiger partial charge in [0.15, 0.2) is 11.5 Å². The largest absolute Gasteiger partial charge is 0.337 e. The first-order valence-corrected chi connectivity index (χ1v) is 6.96. The van der Waals surface area contributed by atoms with Gasteiger partial charge in [-0.05, 0) is 42.5 Å². The van der Waals surface area contributed by atoms with Gasteiger partial charge in [-0.3, -0.25) is 0 Å². The van der Waals surface area contributed by atoms with Crippen molar-refractivity contribution in [1.82, 2.24) is 19.9 Å². The maximum Gasteiger partial charge on any atom is 0.159 e. The average Bonchev–Trinajstić information content (AvgIpc) is 2.89. The molecule has 0 unspecified atom stereocenters. The van der Waals surface area contributed by atoms with E-state index in [1.165, 1.54) is 0 Å². The van der Waals surface area contributed by atoms with Crippen molar-refractivity contribution in [2.45, 2.75) is 0 Å². The summed E-state index contributed by atoms with van der Waals surface area (Å²) in [4.78, 5) is 16.7. The zero-order valence-electron chi connectivity index (χ0n) is 10.3. The topological polar surface area (TPSA) is 54.5 Å². The summed E-state index contributed by atoms with van der Waals surface area (Å²) < 4.78 is 1.02. The van der Waals surface area contributed by atoms with E-state index in [2.05, 4.69) is 35.9 Å². The van der Waals surface area contributed by atoms with Gasteiger partial charge in [0.1, 0.15) is 5.69 Å². The van der Waals surface area contributed by atoms with Crippen LogP contribution in [0.4, 0.5) is 0 Å². The van der Waals surface area contributed by atoms with E-state index in [0.717, 1.165) is 38.1 Å². The Morgan fingerprint density at radius 1 is 1.00 bits per heavy atom. The fourth-order valence-electron chi connectivity index (χ4n) is 2.19. The first kappa shape index (κ1) is 11.5. The Morgan fingerprint density at radius 2 is 1.95 bits per heavy atom. The van der Waals surface area contributed by atoms with Crippen LogP contribution in [0.5, 0.6) is 0 Å². The van der Waals surface area contributed by atoms with Gasteiger partial charge in [-0.2, -0.15) is 0 Å². The molecule has 0 saturated heterocycles. The van der Waals surface area contributed by atoms with Crippen LogP contribution in [-0.2, 0) is 0 Å². The molecular formula is C15H9BrN4. The number of nitrogens with zero attached hydrogens (tertiary/aromatic N) is 3. The summed E-state index contributed by atoms with van der Waals surface area (Å²) in [6.07, 6.45) is 1.74. The molecule has 3 aromatic heterocycles. The van der Waals surface area contributed by atoms with Crippen molar-refractivity contribution in [2.24, 2.45) is 0 Å². The van der Waals surface area contributed by atoms with Crippen molar-refractivity contribution in [3.05, 3.63) is 53.1 Å². The molecule has 1 N–H and O–H groups in total. The van der Waals surface area contributed by atoms with Crippen LogP contribution in [0.25, 0.3) is 33.6 Å². The monoisotopic (exact) mass is 324 g/mol. The Kier molecular flexibility index (Phi) is 2.53. The zero-order chi connectivity index (χ0) is 13.5. The number of fused-ring (bicyclic) bond motifs is 2. The molecule has 0 spiro atoms. The Balaban J connectivity index is 1.91. The van der Waals surface area contributed by atoms with Gasteiger partial charge >= 0.3 is 0 Å². The van der Waals surface area contributed by atoms with Crippen molar-refractivity contribution in [3.63, 3.8) is 0 Å². The molecular weight excluding hydrogens is 316 g/mol. The second-order valence-corrected chi connectivity index (χ2v) is 5.41. The van der Waals surface area contributed by atoms with E-state index < -0.39 is 0 Å². The van der Waals surface area contributed by atoms with Gasteiger partial charge in [0.25, 0.3) is 0 Å². The van der Waals surface area contributed by atoms with Crippen molar-refractivity contribution in [1.29, 1.82) is 0 Å². The molecule has 0 radical (unpaired) electrons. The third kappa shape index (κ3) is 1.87. The van der Waals surface area contributed by atoms with Crippen LogP contribution >= 0.6 is 15.9 Å². The minimum atomic E-state index is 0.728. The number of hydrogen-bond donors (Lipinski definition) is 1. The van der Waals surface area contributed by atoms with Crippen LogP contribution in [0.1, 0.15) is 0 Å². The van der Waals surface area contributed by atoms with E-state index in [-0.39, 0.29) is 0 Å². The normalized spacial score (nSPS) is 11.2. The first-order chi connectivity index (χ1) is 9.79. The third-order valence-corrected chi connectivity index (χ3v) is 3.64. The molecule has 0 aliphatic carbocycles. The summed E-state index contributed by atoms with van der Waals surface area (Å²) in [6.45, 7) is 0. The predicted molar refractivity (Wildman–Crippen MR) is 82.3 cm³/mol. The van der Waals surface area contributed by atoms with E-state index in [9.17, 15) is 0 Å². The second-order valence-electron chi connectivity index (χ2n) is 4.49. The molecule has 4 nitrogen and oxygen atoms in total. The SMILES string of the molecule is Brc1ccc2nc(-c3ccc4cccnc4n3)[nH]c2c1. The molecule has 5 heteroatoms. The minimum absolute atomic E-state index is 0.728. The lowest BCUT2D eigenvalue weighted by Gasteiger charge is -1.98. The number of rotatable bonds is 1. The Morgan fingerprint density at radius 3 is 2.90 bits per heavy atom. The van der Waals surface area contributed by atoms with Crippen LogP contribution in [-0.4, -0.2) is 19.9 Å². The van der Waals surface area contributed by atoms with E-state index >= 15 is 0 Å². The van der Waals surface area contributed by atoms with Crippen LogP contribution in [0, 0.1) is 0 Å². The second kappa shape index (κ2) is 4.38. The van der Waals surface area contributed by atoms with Crippen molar-refractivity contribution in [2.75, 3.05) is 0 Å².